The van der Waals surface area contributed by atoms with E-state index in [1.165, 1.54) is 24.3 Å². The van der Waals surface area contributed by atoms with E-state index in [9.17, 15) is 13.5 Å². The van der Waals surface area contributed by atoms with Gasteiger partial charge in [0.1, 0.15) is 10.6 Å². The number of anilines is 1. The highest BCUT2D eigenvalue weighted by Crippen LogP contribution is 2.46. The van der Waals surface area contributed by atoms with E-state index in [1.54, 1.807) is 30.3 Å². The second-order valence-corrected chi connectivity index (χ2v) is 8.45. The van der Waals surface area contributed by atoms with Crippen molar-refractivity contribution in [3.63, 3.8) is 0 Å². The highest BCUT2D eigenvalue weighted by molar-refractivity contribution is 7.92. The van der Waals surface area contributed by atoms with Gasteiger partial charge in [0.15, 0.2) is 11.5 Å². The Kier molecular flexibility index (Phi) is 4.74. The Morgan fingerprint density at radius 2 is 1.82 bits per heavy atom. The van der Waals surface area contributed by atoms with Crippen LogP contribution in [0.1, 0.15) is 0 Å². The quantitative estimate of drug-likeness (QED) is 0.606. The number of sulfonamides is 1. The first kappa shape index (κ1) is 18.7. The number of fused-ring (bicyclic) bond motifs is 1. The minimum Gasteiger partial charge on any atom is -0.507 e. The third-order valence-corrected chi connectivity index (χ3v) is 6.20. The Morgan fingerprint density at radius 1 is 1.00 bits per heavy atom. The molecule has 0 aromatic heterocycles. The van der Waals surface area contributed by atoms with Gasteiger partial charge >= 0.3 is 0 Å². The molecule has 3 aromatic carbocycles. The van der Waals surface area contributed by atoms with Gasteiger partial charge in [0.05, 0.1) is 10.6 Å². The van der Waals surface area contributed by atoms with E-state index in [0.29, 0.717) is 33.3 Å². The van der Waals surface area contributed by atoms with Crippen LogP contribution in [0.15, 0.2) is 59.5 Å². The average molecular weight is 438 g/mol. The second-order valence-electron chi connectivity index (χ2n) is 5.95. The smallest absolute Gasteiger partial charge is 0.263 e. The number of phenolic OH excluding ortho intramolecular Hbond substituents is 1. The molecule has 6 nitrogen and oxygen atoms in total. The molecule has 0 atom stereocenters. The highest BCUT2D eigenvalue weighted by Gasteiger charge is 2.23. The SMILES string of the molecule is O=S(=O)(Nc1cccc(-c2c(O)ccc3c2OCO3)c1)c1ccc(Cl)cc1Cl. The largest absolute Gasteiger partial charge is 0.507 e. The van der Waals surface area contributed by atoms with E-state index in [1.807, 2.05) is 0 Å². The molecule has 144 valence electrons. The summed E-state index contributed by atoms with van der Waals surface area (Å²) in [6.07, 6.45) is 0. The van der Waals surface area contributed by atoms with Gasteiger partial charge in [0, 0.05) is 10.7 Å². The summed E-state index contributed by atoms with van der Waals surface area (Å²) in [5, 5.41) is 10.6. The second kappa shape index (κ2) is 7.09. The van der Waals surface area contributed by atoms with Crippen molar-refractivity contribution in [2.75, 3.05) is 11.5 Å². The predicted molar refractivity (Wildman–Crippen MR) is 107 cm³/mol. The van der Waals surface area contributed by atoms with Crippen LogP contribution >= 0.6 is 23.2 Å². The maximum absolute atomic E-state index is 12.7. The molecule has 3 aromatic rings. The fourth-order valence-electron chi connectivity index (χ4n) is 2.88. The van der Waals surface area contributed by atoms with Crippen molar-refractivity contribution in [1.82, 2.24) is 0 Å². The lowest BCUT2D eigenvalue weighted by atomic mass is 10.0. The number of rotatable bonds is 4. The van der Waals surface area contributed by atoms with E-state index >= 15 is 0 Å². The lowest BCUT2D eigenvalue weighted by molar-refractivity contribution is 0.174. The molecule has 0 fully saturated rings. The Hall–Kier alpha value is -2.61. The molecule has 9 heteroatoms. The summed E-state index contributed by atoms with van der Waals surface area (Å²) in [4.78, 5) is -0.0934. The van der Waals surface area contributed by atoms with Crippen molar-refractivity contribution in [2.45, 2.75) is 4.90 Å². The van der Waals surface area contributed by atoms with Crippen molar-refractivity contribution in [1.29, 1.82) is 0 Å². The number of aromatic hydroxyl groups is 1. The standard InChI is InChI=1S/C19H13Cl2NO5S/c20-12-4-7-17(14(21)9-12)28(24,25)22-13-3-1-2-11(8-13)18-15(23)5-6-16-19(18)27-10-26-16/h1-9,22-23H,10H2. The van der Waals surface area contributed by atoms with E-state index in [-0.39, 0.29) is 22.5 Å². The summed E-state index contributed by atoms with van der Waals surface area (Å²) < 4.78 is 38.7. The summed E-state index contributed by atoms with van der Waals surface area (Å²) in [5.41, 5.74) is 1.27. The molecular weight excluding hydrogens is 425 g/mol. The zero-order valence-corrected chi connectivity index (χ0v) is 16.5. The minimum atomic E-state index is -3.94. The molecule has 0 aliphatic carbocycles. The first-order valence-corrected chi connectivity index (χ1v) is 10.3. The molecule has 0 unspecified atom stereocenters. The molecule has 4 rings (SSSR count). The lowest BCUT2D eigenvalue weighted by Crippen LogP contribution is -2.13. The minimum absolute atomic E-state index is 0.00926. The number of halogens is 2. The molecule has 0 saturated heterocycles. The maximum Gasteiger partial charge on any atom is 0.263 e. The van der Waals surface area contributed by atoms with Gasteiger partial charge in [-0.25, -0.2) is 8.42 Å². The molecule has 1 heterocycles. The van der Waals surface area contributed by atoms with Crippen LogP contribution < -0.4 is 14.2 Å². The molecule has 0 bridgehead atoms. The molecule has 1 aliphatic rings. The third kappa shape index (κ3) is 3.44. The number of nitrogens with one attached hydrogen (secondary N) is 1. The number of ether oxygens (including phenoxy) is 2. The lowest BCUT2D eigenvalue weighted by Gasteiger charge is -2.12. The zero-order valence-electron chi connectivity index (χ0n) is 14.1. The third-order valence-electron chi connectivity index (χ3n) is 4.10. The normalized spacial score (nSPS) is 12.8. The van der Waals surface area contributed by atoms with Gasteiger partial charge < -0.3 is 14.6 Å². The maximum atomic E-state index is 12.7. The predicted octanol–water partition coefficient (Wildman–Crippen LogP) is 4.90. The van der Waals surface area contributed by atoms with Crippen molar-refractivity contribution >= 4 is 38.9 Å². The van der Waals surface area contributed by atoms with Crippen LogP contribution in [0, 0.1) is 0 Å². The molecule has 0 spiro atoms. The van der Waals surface area contributed by atoms with E-state index in [0.717, 1.165) is 0 Å². The zero-order chi connectivity index (χ0) is 19.9. The van der Waals surface area contributed by atoms with E-state index in [4.69, 9.17) is 32.7 Å². The summed E-state index contributed by atoms with van der Waals surface area (Å²) in [5.74, 6) is 0.900. The van der Waals surface area contributed by atoms with Crippen LogP contribution in [0.5, 0.6) is 17.2 Å². The molecule has 1 aliphatic heterocycles. The first-order chi connectivity index (χ1) is 13.3. The van der Waals surface area contributed by atoms with Crippen molar-refractivity contribution in [2.24, 2.45) is 0 Å². The Morgan fingerprint density at radius 3 is 2.61 bits per heavy atom. The van der Waals surface area contributed by atoms with Crippen LogP contribution in [0.3, 0.4) is 0 Å². The van der Waals surface area contributed by atoms with Crippen molar-refractivity contribution in [3.8, 4) is 28.4 Å². The highest BCUT2D eigenvalue weighted by atomic mass is 35.5. The summed E-state index contributed by atoms with van der Waals surface area (Å²) in [6, 6.07) is 13.8. The Bertz CT molecular complexity index is 1180. The first-order valence-electron chi connectivity index (χ1n) is 8.05. The van der Waals surface area contributed by atoms with Crippen LogP contribution in [0.25, 0.3) is 11.1 Å². The fourth-order valence-corrected chi connectivity index (χ4v) is 4.71. The van der Waals surface area contributed by atoms with Gasteiger partial charge in [-0.2, -0.15) is 0 Å². The van der Waals surface area contributed by atoms with Crippen molar-refractivity contribution < 1.29 is 23.0 Å². The van der Waals surface area contributed by atoms with Gasteiger partial charge in [0.2, 0.25) is 6.79 Å². The fraction of sp³-hybridized carbons (Fsp3) is 0.0526. The number of phenols is 1. The number of hydrogen-bond acceptors (Lipinski definition) is 5. The van der Waals surface area contributed by atoms with Crippen LogP contribution in [0.2, 0.25) is 10.0 Å². The van der Waals surface area contributed by atoms with Gasteiger partial charge in [-0.15, -0.1) is 0 Å². The van der Waals surface area contributed by atoms with Gasteiger partial charge in [-0.1, -0.05) is 35.3 Å². The van der Waals surface area contributed by atoms with Crippen LogP contribution in [-0.2, 0) is 10.0 Å². The molecular formula is C19H13Cl2NO5S. The topological polar surface area (TPSA) is 84.9 Å². The Balaban J connectivity index is 1.72. The molecule has 0 radical (unpaired) electrons. The summed E-state index contributed by atoms with van der Waals surface area (Å²) in [6.45, 7) is 0.0488. The van der Waals surface area contributed by atoms with E-state index < -0.39 is 10.0 Å². The van der Waals surface area contributed by atoms with Gasteiger partial charge in [-0.05, 0) is 48.0 Å². The number of benzene rings is 3. The van der Waals surface area contributed by atoms with Crippen LogP contribution in [-0.4, -0.2) is 20.3 Å². The van der Waals surface area contributed by atoms with Crippen LogP contribution in [0.4, 0.5) is 5.69 Å². The van der Waals surface area contributed by atoms with Crippen molar-refractivity contribution in [3.05, 3.63) is 64.6 Å². The van der Waals surface area contributed by atoms with Gasteiger partial charge in [0.25, 0.3) is 10.0 Å². The van der Waals surface area contributed by atoms with E-state index in [2.05, 4.69) is 4.72 Å². The monoisotopic (exact) mass is 437 g/mol. The molecule has 28 heavy (non-hydrogen) atoms. The number of hydrogen-bond donors (Lipinski definition) is 2. The summed E-state index contributed by atoms with van der Waals surface area (Å²) >= 11 is 11.9. The molecule has 2 N–H and O–H groups in total. The van der Waals surface area contributed by atoms with Gasteiger partial charge in [-0.3, -0.25) is 4.72 Å². The average Bonchev–Trinajstić information content (AvgIpc) is 3.09. The molecule has 0 amide bonds. The molecule has 0 saturated carbocycles. The Labute approximate surface area is 171 Å². The summed E-state index contributed by atoms with van der Waals surface area (Å²) in [7, 11) is -3.94.